The fourth-order valence-corrected chi connectivity index (χ4v) is 16.8. The maximum atomic E-state index is 13.7. The first-order valence-electron chi connectivity index (χ1n) is 9.21. The molecule has 140 valence electrons. The Morgan fingerprint density at radius 3 is 1.04 bits per heavy atom. The van der Waals surface area contributed by atoms with E-state index in [4.69, 9.17) is 12.6 Å². The Labute approximate surface area is 147 Å². The molecule has 0 aliphatic carbocycles. The molecule has 8 heteroatoms. The van der Waals surface area contributed by atoms with E-state index in [1.165, 1.54) is 0 Å². The molecular formula is C15H39O4PSi3. The van der Waals surface area contributed by atoms with Crippen LogP contribution < -0.4 is 0 Å². The molecule has 0 aliphatic heterocycles. The van der Waals surface area contributed by atoms with Gasteiger partial charge in [0.25, 0.3) is 0 Å². The third kappa shape index (κ3) is 7.26. The minimum absolute atomic E-state index is 0.946. The average Bonchev–Trinajstić information content (AvgIpc) is 2.49. The molecule has 0 aromatic rings. The molecule has 0 atom stereocenters. The van der Waals surface area contributed by atoms with Crippen LogP contribution in [-0.2, 0) is 17.2 Å². The molecular weight excluding hydrogens is 359 g/mol. The Kier molecular flexibility index (Phi) is 9.77. The van der Waals surface area contributed by atoms with Gasteiger partial charge in [-0.2, -0.15) is 0 Å². The Balaban J connectivity index is 5.71. The highest BCUT2D eigenvalue weighted by atomic mass is 31.2. The fourth-order valence-electron chi connectivity index (χ4n) is 2.75. The van der Waals surface area contributed by atoms with Crippen molar-refractivity contribution in [3.05, 3.63) is 0 Å². The van der Waals surface area contributed by atoms with Crippen LogP contribution >= 0.6 is 7.82 Å². The van der Waals surface area contributed by atoms with Gasteiger partial charge in [-0.05, 0) is 55.9 Å². The van der Waals surface area contributed by atoms with Crippen molar-refractivity contribution < 1.29 is 17.2 Å². The van der Waals surface area contributed by atoms with Crippen molar-refractivity contribution in [2.24, 2.45) is 0 Å². The Bertz CT molecular complexity index is 348. The molecule has 0 radical (unpaired) electrons. The zero-order chi connectivity index (χ0) is 18.4. The first-order chi connectivity index (χ1) is 10.5. The Morgan fingerprint density at radius 1 is 0.609 bits per heavy atom. The van der Waals surface area contributed by atoms with E-state index in [-0.39, 0.29) is 0 Å². The second-order valence-corrected chi connectivity index (χ2v) is 23.6. The van der Waals surface area contributed by atoms with E-state index >= 15 is 0 Å². The number of hydrogen-bond donors (Lipinski definition) is 0. The van der Waals surface area contributed by atoms with E-state index in [1.807, 2.05) is 19.6 Å². The lowest BCUT2D eigenvalue weighted by Gasteiger charge is -2.39. The van der Waals surface area contributed by atoms with E-state index in [0.717, 1.165) is 36.3 Å². The minimum atomic E-state index is -3.50. The molecule has 0 amide bonds. The lowest BCUT2D eigenvalue weighted by Crippen LogP contribution is -2.41. The van der Waals surface area contributed by atoms with Gasteiger partial charge in [-0.25, -0.2) is 4.57 Å². The lowest BCUT2D eigenvalue weighted by molar-refractivity contribution is 0.285. The SMILES string of the molecule is CC[Si](CC)(CC)OP(=O)(O[Si](C)(C)C)O[Si](CC)(CC)CC. The highest BCUT2D eigenvalue weighted by molar-refractivity contribution is 7.53. The highest BCUT2D eigenvalue weighted by Gasteiger charge is 2.47. The number of phosphoric acid groups is 1. The van der Waals surface area contributed by atoms with Crippen LogP contribution in [0.3, 0.4) is 0 Å². The monoisotopic (exact) mass is 398 g/mol. The van der Waals surface area contributed by atoms with Crippen LogP contribution in [0, 0.1) is 0 Å². The second-order valence-electron chi connectivity index (χ2n) is 7.32. The molecule has 0 aromatic heterocycles. The van der Waals surface area contributed by atoms with Crippen LogP contribution in [0.25, 0.3) is 0 Å². The summed E-state index contributed by atoms with van der Waals surface area (Å²) in [5.41, 5.74) is 0. The van der Waals surface area contributed by atoms with Crippen LogP contribution in [0.15, 0.2) is 0 Å². The van der Waals surface area contributed by atoms with E-state index in [0.29, 0.717) is 0 Å². The van der Waals surface area contributed by atoms with Crippen molar-refractivity contribution >= 4 is 32.8 Å². The summed E-state index contributed by atoms with van der Waals surface area (Å²) in [5.74, 6) is 0. The predicted octanol–water partition coefficient (Wildman–Crippen LogP) is 6.99. The third-order valence-electron chi connectivity index (χ3n) is 4.86. The van der Waals surface area contributed by atoms with Crippen molar-refractivity contribution in [1.82, 2.24) is 0 Å². The van der Waals surface area contributed by atoms with Gasteiger partial charge in [0.2, 0.25) is 16.6 Å². The van der Waals surface area contributed by atoms with Gasteiger partial charge in [0.15, 0.2) is 8.32 Å². The van der Waals surface area contributed by atoms with E-state index < -0.39 is 32.8 Å². The predicted molar refractivity (Wildman–Crippen MR) is 109 cm³/mol. The summed E-state index contributed by atoms with van der Waals surface area (Å²) >= 11 is 0. The van der Waals surface area contributed by atoms with Crippen LogP contribution in [0.2, 0.25) is 55.9 Å². The molecule has 0 fully saturated rings. The zero-order valence-electron chi connectivity index (χ0n) is 16.8. The minimum Gasteiger partial charge on any atom is -0.331 e. The molecule has 0 bridgehead atoms. The molecule has 0 saturated carbocycles. The van der Waals surface area contributed by atoms with Gasteiger partial charge >= 0.3 is 7.82 Å². The van der Waals surface area contributed by atoms with Gasteiger partial charge in [-0.15, -0.1) is 0 Å². The molecule has 0 unspecified atom stereocenters. The first kappa shape index (κ1) is 23.8. The van der Waals surface area contributed by atoms with Gasteiger partial charge < -0.3 is 12.6 Å². The maximum Gasteiger partial charge on any atom is 0.445 e. The number of rotatable bonds is 12. The summed E-state index contributed by atoms with van der Waals surface area (Å²) in [6, 6.07) is 5.67. The fraction of sp³-hybridized carbons (Fsp3) is 1.00. The van der Waals surface area contributed by atoms with Crippen molar-refractivity contribution in [2.75, 3.05) is 0 Å². The molecule has 0 N–H and O–H groups in total. The van der Waals surface area contributed by atoms with Crippen LogP contribution in [0.4, 0.5) is 0 Å². The van der Waals surface area contributed by atoms with E-state index in [9.17, 15) is 4.57 Å². The summed E-state index contributed by atoms with van der Waals surface area (Å²) < 4.78 is 32.4. The summed E-state index contributed by atoms with van der Waals surface area (Å²) in [6.07, 6.45) is 0. The Morgan fingerprint density at radius 2 is 0.870 bits per heavy atom. The van der Waals surface area contributed by atoms with Crippen LogP contribution in [0.5, 0.6) is 0 Å². The molecule has 0 rings (SSSR count). The second kappa shape index (κ2) is 9.46. The molecule has 4 nitrogen and oxygen atoms in total. The average molecular weight is 399 g/mol. The van der Waals surface area contributed by atoms with Gasteiger partial charge in [-0.3, -0.25) is 0 Å². The van der Waals surface area contributed by atoms with E-state index in [2.05, 4.69) is 41.5 Å². The molecule has 0 aromatic carbocycles. The first-order valence-corrected chi connectivity index (χ1v) is 19.1. The van der Waals surface area contributed by atoms with Crippen molar-refractivity contribution in [2.45, 2.75) is 97.4 Å². The molecule has 0 aliphatic rings. The van der Waals surface area contributed by atoms with Crippen LogP contribution in [-0.4, -0.2) is 25.0 Å². The molecule has 0 heterocycles. The smallest absolute Gasteiger partial charge is 0.331 e. The summed E-state index contributed by atoms with van der Waals surface area (Å²) in [7, 11) is -9.65. The lowest BCUT2D eigenvalue weighted by atomic mass is 10.9. The zero-order valence-corrected chi connectivity index (χ0v) is 20.7. The van der Waals surface area contributed by atoms with Gasteiger partial charge in [0.1, 0.15) is 0 Å². The quantitative estimate of drug-likeness (QED) is 0.262. The highest BCUT2D eigenvalue weighted by Crippen LogP contribution is 2.58. The third-order valence-corrected chi connectivity index (χ3v) is 20.6. The van der Waals surface area contributed by atoms with Crippen molar-refractivity contribution in [1.29, 1.82) is 0 Å². The summed E-state index contributed by atoms with van der Waals surface area (Å²) in [6.45, 7) is 19.0. The van der Waals surface area contributed by atoms with E-state index in [1.54, 1.807) is 0 Å². The topological polar surface area (TPSA) is 44.8 Å². The molecule has 0 spiro atoms. The van der Waals surface area contributed by atoms with Crippen molar-refractivity contribution in [3.8, 4) is 0 Å². The maximum absolute atomic E-state index is 13.7. The van der Waals surface area contributed by atoms with Crippen molar-refractivity contribution in [3.63, 3.8) is 0 Å². The van der Waals surface area contributed by atoms with Gasteiger partial charge in [0, 0.05) is 0 Å². The summed E-state index contributed by atoms with van der Waals surface area (Å²) in [5, 5.41) is 0. The Hall–Kier alpha value is 0.761. The largest absolute Gasteiger partial charge is 0.445 e. The van der Waals surface area contributed by atoms with Crippen LogP contribution in [0.1, 0.15) is 41.5 Å². The summed E-state index contributed by atoms with van der Waals surface area (Å²) in [4.78, 5) is 0. The number of hydrogen-bond acceptors (Lipinski definition) is 4. The van der Waals surface area contributed by atoms with Gasteiger partial charge in [0.05, 0.1) is 0 Å². The molecule has 0 saturated heterocycles. The normalized spacial score (nSPS) is 14.3. The standard InChI is InChI=1S/C15H39O4PSi3/c1-10-22(11-2,12-3)18-20(16,17-21(7,8)9)19-23(13-4,14-5)15-6/h10-15H2,1-9H3. The van der Waals surface area contributed by atoms with Gasteiger partial charge in [-0.1, -0.05) is 41.5 Å². The molecule has 23 heavy (non-hydrogen) atoms.